The van der Waals surface area contributed by atoms with E-state index in [0.29, 0.717) is 19.0 Å². The number of aromatic nitrogens is 1. The van der Waals surface area contributed by atoms with Gasteiger partial charge in [-0.3, -0.25) is 4.98 Å². The second kappa shape index (κ2) is 7.09. The smallest absolute Gasteiger partial charge is 0.318 e. The van der Waals surface area contributed by atoms with Crippen LogP contribution in [0.2, 0.25) is 0 Å². The van der Waals surface area contributed by atoms with Crippen molar-refractivity contribution in [3.05, 3.63) is 29.6 Å². The maximum Gasteiger partial charge on any atom is 0.318 e. The van der Waals surface area contributed by atoms with Gasteiger partial charge in [0.2, 0.25) is 0 Å². The van der Waals surface area contributed by atoms with Gasteiger partial charge in [-0.05, 0) is 44.2 Å². The summed E-state index contributed by atoms with van der Waals surface area (Å²) in [4.78, 5) is 18.8. The number of aliphatic hydroxyl groups is 1. The molecule has 0 aromatic carbocycles. The van der Waals surface area contributed by atoms with E-state index in [1.54, 1.807) is 0 Å². The first kappa shape index (κ1) is 16.7. The zero-order valence-electron chi connectivity index (χ0n) is 13.8. The van der Waals surface area contributed by atoms with Gasteiger partial charge in [0, 0.05) is 12.2 Å². The number of nitrogens with zero attached hydrogens (tertiary/aromatic N) is 2. The molecule has 5 nitrogen and oxygen atoms in total. The van der Waals surface area contributed by atoms with Gasteiger partial charge in [0.15, 0.2) is 0 Å². The Bertz CT molecular complexity index is 518. The molecule has 2 rings (SSSR count). The van der Waals surface area contributed by atoms with E-state index in [1.165, 1.54) is 0 Å². The van der Waals surface area contributed by atoms with Crippen LogP contribution in [0.1, 0.15) is 44.5 Å². The minimum Gasteiger partial charge on any atom is -0.394 e. The second-order valence-electron chi connectivity index (χ2n) is 6.66. The number of aryl methyl sites for hydroxylation is 1. The van der Waals surface area contributed by atoms with Crippen molar-refractivity contribution < 1.29 is 9.90 Å². The lowest BCUT2D eigenvalue weighted by atomic mass is 9.87. The predicted molar refractivity (Wildman–Crippen MR) is 86.4 cm³/mol. The van der Waals surface area contributed by atoms with Crippen molar-refractivity contribution in [1.29, 1.82) is 0 Å². The summed E-state index contributed by atoms with van der Waals surface area (Å²) in [7, 11) is 0. The Balaban J connectivity index is 2.01. The van der Waals surface area contributed by atoms with E-state index in [0.717, 1.165) is 30.7 Å². The molecule has 1 aromatic rings. The number of amides is 2. The van der Waals surface area contributed by atoms with Gasteiger partial charge in [0.05, 0.1) is 24.4 Å². The number of urea groups is 1. The topological polar surface area (TPSA) is 65.5 Å². The number of likely N-dealkylation sites (tertiary alicyclic amines) is 1. The molecule has 122 valence electrons. The van der Waals surface area contributed by atoms with E-state index in [2.05, 4.69) is 24.1 Å². The van der Waals surface area contributed by atoms with Gasteiger partial charge in [-0.15, -0.1) is 0 Å². The summed E-state index contributed by atoms with van der Waals surface area (Å²) in [5.74, 6) is 0.444. The molecule has 5 heteroatoms. The van der Waals surface area contributed by atoms with Gasteiger partial charge >= 0.3 is 6.03 Å². The number of hydrogen-bond acceptors (Lipinski definition) is 3. The summed E-state index contributed by atoms with van der Waals surface area (Å²) in [6.07, 6.45) is 2.65. The summed E-state index contributed by atoms with van der Waals surface area (Å²) in [6.45, 7) is 7.35. The lowest BCUT2D eigenvalue weighted by Gasteiger charge is -2.38. The molecule has 0 radical (unpaired) electrons. The van der Waals surface area contributed by atoms with Gasteiger partial charge in [-0.1, -0.05) is 19.9 Å². The number of carbonyl (C=O) groups excluding carboxylic acids is 1. The SMILES string of the molecule is Cc1cccc(CNC(=O)N2CCC[C@]2(CO)CC(C)C)n1. The average molecular weight is 305 g/mol. The highest BCUT2D eigenvalue weighted by Gasteiger charge is 2.43. The number of aliphatic hydroxyl groups excluding tert-OH is 1. The van der Waals surface area contributed by atoms with Gasteiger partial charge in [0.1, 0.15) is 0 Å². The van der Waals surface area contributed by atoms with Crippen LogP contribution in [0.5, 0.6) is 0 Å². The van der Waals surface area contributed by atoms with E-state index >= 15 is 0 Å². The largest absolute Gasteiger partial charge is 0.394 e. The van der Waals surface area contributed by atoms with E-state index in [4.69, 9.17) is 0 Å². The van der Waals surface area contributed by atoms with Crippen molar-refractivity contribution in [2.24, 2.45) is 5.92 Å². The molecule has 1 aliphatic heterocycles. The predicted octanol–water partition coefficient (Wildman–Crippen LogP) is 2.47. The second-order valence-corrected chi connectivity index (χ2v) is 6.66. The third kappa shape index (κ3) is 3.77. The molecule has 1 aliphatic rings. The molecular weight excluding hydrogens is 278 g/mol. The standard InChI is InChI=1S/C17H27N3O2/c1-13(2)10-17(12-21)8-5-9-20(17)16(22)18-11-15-7-4-6-14(3)19-15/h4,6-7,13,21H,5,8-12H2,1-3H3,(H,18,22)/t17-/m1/s1. The van der Waals surface area contributed by atoms with Crippen molar-refractivity contribution >= 4 is 6.03 Å². The van der Waals surface area contributed by atoms with Crippen molar-refractivity contribution in [2.45, 2.75) is 52.1 Å². The zero-order valence-corrected chi connectivity index (χ0v) is 13.8. The molecule has 1 aromatic heterocycles. The summed E-state index contributed by atoms with van der Waals surface area (Å²) in [5, 5.41) is 12.8. The van der Waals surface area contributed by atoms with E-state index < -0.39 is 5.54 Å². The van der Waals surface area contributed by atoms with Gasteiger partial charge in [-0.2, -0.15) is 0 Å². The number of hydrogen-bond donors (Lipinski definition) is 2. The normalized spacial score (nSPS) is 21.4. The first-order valence-corrected chi connectivity index (χ1v) is 8.06. The first-order valence-electron chi connectivity index (χ1n) is 8.06. The fraction of sp³-hybridized carbons (Fsp3) is 0.647. The van der Waals surface area contributed by atoms with Crippen molar-refractivity contribution in [1.82, 2.24) is 15.2 Å². The van der Waals surface area contributed by atoms with Crippen molar-refractivity contribution in [2.75, 3.05) is 13.2 Å². The fourth-order valence-corrected chi connectivity index (χ4v) is 3.42. The van der Waals surface area contributed by atoms with E-state index in [1.807, 2.05) is 30.0 Å². The van der Waals surface area contributed by atoms with Crippen molar-refractivity contribution in [3.8, 4) is 0 Å². The molecule has 1 atom stereocenters. The fourth-order valence-electron chi connectivity index (χ4n) is 3.42. The lowest BCUT2D eigenvalue weighted by Crippen LogP contribution is -2.54. The summed E-state index contributed by atoms with van der Waals surface area (Å²) in [6, 6.07) is 5.68. The molecule has 2 heterocycles. The highest BCUT2D eigenvalue weighted by atomic mass is 16.3. The number of carbonyl (C=O) groups is 1. The molecule has 0 aliphatic carbocycles. The molecule has 0 bridgehead atoms. The van der Waals surface area contributed by atoms with Crippen molar-refractivity contribution in [3.63, 3.8) is 0 Å². The van der Waals surface area contributed by atoms with Gasteiger partial charge in [-0.25, -0.2) is 4.79 Å². The molecule has 0 spiro atoms. The summed E-state index contributed by atoms with van der Waals surface area (Å²) >= 11 is 0. The Kier molecular flexibility index (Phi) is 5.40. The van der Waals surface area contributed by atoms with Crippen LogP contribution in [0.15, 0.2) is 18.2 Å². The molecule has 22 heavy (non-hydrogen) atoms. The zero-order chi connectivity index (χ0) is 16.2. The molecular formula is C17H27N3O2. The Morgan fingerprint density at radius 1 is 1.50 bits per heavy atom. The number of pyridine rings is 1. The molecule has 0 saturated carbocycles. The Morgan fingerprint density at radius 3 is 2.91 bits per heavy atom. The Morgan fingerprint density at radius 2 is 2.27 bits per heavy atom. The average Bonchev–Trinajstić information content (AvgIpc) is 2.88. The Labute approximate surface area is 132 Å². The van der Waals surface area contributed by atoms with Crippen LogP contribution in [0.25, 0.3) is 0 Å². The molecule has 2 N–H and O–H groups in total. The molecule has 1 fully saturated rings. The van der Waals surface area contributed by atoms with Crippen LogP contribution in [-0.4, -0.2) is 39.7 Å². The third-order valence-electron chi connectivity index (χ3n) is 4.29. The number of rotatable bonds is 5. The maximum atomic E-state index is 12.5. The minimum atomic E-state index is -0.404. The quantitative estimate of drug-likeness (QED) is 0.878. The lowest BCUT2D eigenvalue weighted by molar-refractivity contribution is 0.0675. The van der Waals surface area contributed by atoms with Crippen LogP contribution >= 0.6 is 0 Å². The summed E-state index contributed by atoms with van der Waals surface area (Å²) in [5.41, 5.74) is 1.39. The van der Waals surface area contributed by atoms with E-state index in [9.17, 15) is 9.90 Å². The number of nitrogens with one attached hydrogen (secondary N) is 1. The maximum absolute atomic E-state index is 12.5. The van der Waals surface area contributed by atoms with Gasteiger partial charge < -0.3 is 15.3 Å². The monoisotopic (exact) mass is 305 g/mol. The van der Waals surface area contributed by atoms with Crippen LogP contribution in [0.4, 0.5) is 4.79 Å². The summed E-state index contributed by atoms with van der Waals surface area (Å²) < 4.78 is 0. The molecule has 2 amide bonds. The molecule has 0 unspecified atom stereocenters. The van der Waals surface area contributed by atoms with E-state index in [-0.39, 0.29) is 12.6 Å². The highest BCUT2D eigenvalue weighted by molar-refractivity contribution is 5.75. The van der Waals surface area contributed by atoms with Crippen LogP contribution in [0.3, 0.4) is 0 Å². The highest BCUT2D eigenvalue weighted by Crippen LogP contribution is 2.34. The minimum absolute atomic E-state index is 0.0291. The van der Waals surface area contributed by atoms with Gasteiger partial charge in [0.25, 0.3) is 0 Å². The van der Waals surface area contributed by atoms with Crippen LogP contribution in [0, 0.1) is 12.8 Å². The molecule has 1 saturated heterocycles. The van der Waals surface area contributed by atoms with Crippen LogP contribution in [-0.2, 0) is 6.54 Å². The third-order valence-corrected chi connectivity index (χ3v) is 4.29. The van der Waals surface area contributed by atoms with Crippen LogP contribution < -0.4 is 5.32 Å². The Hall–Kier alpha value is -1.62. The first-order chi connectivity index (χ1) is 10.5.